The van der Waals surface area contributed by atoms with Gasteiger partial charge in [-0.2, -0.15) is 0 Å². The van der Waals surface area contributed by atoms with Crippen LogP contribution in [-0.2, 0) is 15.8 Å². The zero-order valence-electron chi connectivity index (χ0n) is 14.9. The quantitative estimate of drug-likeness (QED) is 0.438. The predicted molar refractivity (Wildman–Crippen MR) is 97.6 cm³/mol. The van der Waals surface area contributed by atoms with E-state index in [0.717, 1.165) is 19.4 Å². The molecule has 124 valence electrons. The predicted octanol–water partition coefficient (Wildman–Crippen LogP) is 5.56. The maximum Gasteiger partial charge on any atom is 0.191 e. The van der Waals surface area contributed by atoms with E-state index in [1.54, 1.807) is 0 Å². The Morgan fingerprint density at radius 2 is 1.82 bits per heavy atom. The van der Waals surface area contributed by atoms with Crippen molar-refractivity contribution in [2.75, 3.05) is 6.61 Å². The molecule has 0 N–H and O–H groups in total. The lowest BCUT2D eigenvalue weighted by molar-refractivity contribution is 0.0273. The summed E-state index contributed by atoms with van der Waals surface area (Å²) < 4.78 is 12.3. The molecule has 22 heavy (non-hydrogen) atoms. The Morgan fingerprint density at radius 3 is 2.36 bits per heavy atom. The number of hydrogen-bond acceptors (Lipinski definition) is 2. The second-order valence-corrected chi connectivity index (χ2v) is 12.1. The van der Waals surface area contributed by atoms with Gasteiger partial charge in [-0.25, -0.2) is 0 Å². The van der Waals surface area contributed by atoms with E-state index in [1.807, 2.05) is 24.3 Å². The Kier molecular flexibility index (Phi) is 7.53. The van der Waals surface area contributed by atoms with Gasteiger partial charge in [0.2, 0.25) is 0 Å². The molecular weight excluding hydrogens is 288 g/mol. The first kappa shape index (κ1) is 19.1. The highest BCUT2D eigenvalue weighted by molar-refractivity contribution is 6.74. The van der Waals surface area contributed by atoms with E-state index in [1.165, 1.54) is 5.56 Å². The summed E-state index contributed by atoms with van der Waals surface area (Å²) in [5.41, 5.74) is 1.21. The Bertz CT molecular complexity index is 434. The Balaban J connectivity index is 2.43. The minimum atomic E-state index is -1.66. The van der Waals surface area contributed by atoms with Gasteiger partial charge in [0.05, 0.1) is 12.7 Å². The molecule has 0 bridgehead atoms. The minimum absolute atomic E-state index is 0.183. The van der Waals surface area contributed by atoms with Crippen LogP contribution in [0.5, 0.6) is 0 Å². The average Bonchev–Trinajstić information content (AvgIpc) is 2.44. The van der Waals surface area contributed by atoms with Gasteiger partial charge in [-0.15, -0.1) is 6.58 Å². The van der Waals surface area contributed by atoms with E-state index in [2.05, 4.69) is 52.6 Å². The van der Waals surface area contributed by atoms with E-state index >= 15 is 0 Å². The highest BCUT2D eigenvalue weighted by Crippen LogP contribution is 2.36. The maximum absolute atomic E-state index is 6.25. The van der Waals surface area contributed by atoms with E-state index in [4.69, 9.17) is 9.16 Å². The summed E-state index contributed by atoms with van der Waals surface area (Å²) >= 11 is 0. The molecule has 2 nitrogen and oxygen atoms in total. The van der Waals surface area contributed by atoms with Crippen molar-refractivity contribution in [3.05, 3.63) is 48.6 Å². The number of hydrogen-bond donors (Lipinski definition) is 0. The third-order valence-corrected chi connectivity index (χ3v) is 9.01. The van der Waals surface area contributed by atoms with Crippen LogP contribution in [0.25, 0.3) is 0 Å². The van der Waals surface area contributed by atoms with Crippen molar-refractivity contribution in [2.24, 2.45) is 0 Å². The van der Waals surface area contributed by atoms with Crippen LogP contribution in [0.1, 0.15) is 39.2 Å². The van der Waals surface area contributed by atoms with Gasteiger partial charge in [0.15, 0.2) is 8.32 Å². The fraction of sp³-hybridized carbons (Fsp3) is 0.579. The van der Waals surface area contributed by atoms with E-state index in [0.29, 0.717) is 6.61 Å². The highest BCUT2D eigenvalue weighted by Gasteiger charge is 2.36. The van der Waals surface area contributed by atoms with Gasteiger partial charge in [0.1, 0.15) is 0 Å². The van der Waals surface area contributed by atoms with Gasteiger partial charge in [0.25, 0.3) is 0 Å². The fourth-order valence-corrected chi connectivity index (χ4v) is 2.97. The van der Waals surface area contributed by atoms with Crippen LogP contribution in [0.15, 0.2) is 43.0 Å². The second kappa shape index (κ2) is 8.66. The third-order valence-electron chi connectivity index (χ3n) is 4.47. The van der Waals surface area contributed by atoms with Crippen LogP contribution in [0, 0.1) is 0 Å². The molecule has 0 radical (unpaired) electrons. The molecule has 3 heteroatoms. The molecule has 0 aliphatic carbocycles. The van der Waals surface area contributed by atoms with Crippen molar-refractivity contribution in [2.45, 2.75) is 64.5 Å². The van der Waals surface area contributed by atoms with E-state index in [9.17, 15) is 0 Å². The molecule has 0 saturated carbocycles. The normalized spacial score (nSPS) is 13.9. The lowest BCUT2D eigenvalue weighted by Crippen LogP contribution is -2.41. The van der Waals surface area contributed by atoms with Crippen LogP contribution in [0.3, 0.4) is 0 Å². The molecule has 0 amide bonds. The minimum Gasteiger partial charge on any atom is -0.417 e. The molecule has 0 fully saturated rings. The summed E-state index contributed by atoms with van der Waals surface area (Å²) in [5.74, 6) is 0. The summed E-state index contributed by atoms with van der Waals surface area (Å²) in [4.78, 5) is 0. The molecule has 0 aliphatic heterocycles. The molecular formula is C19H32O2Si. The average molecular weight is 321 g/mol. The van der Waals surface area contributed by atoms with Crippen LogP contribution < -0.4 is 0 Å². The fourth-order valence-electron chi connectivity index (χ4n) is 1.91. The van der Waals surface area contributed by atoms with Gasteiger partial charge in [-0.1, -0.05) is 57.2 Å². The first-order valence-corrected chi connectivity index (χ1v) is 11.1. The van der Waals surface area contributed by atoms with Crippen molar-refractivity contribution >= 4 is 8.32 Å². The lowest BCUT2D eigenvalue weighted by Gasteiger charge is -2.36. The third kappa shape index (κ3) is 6.47. The van der Waals surface area contributed by atoms with Crippen molar-refractivity contribution in [1.82, 2.24) is 0 Å². The molecule has 0 unspecified atom stereocenters. The standard InChI is InChI=1S/C19H32O2Si/c1-7-11-18(20-16-17-12-9-8-10-13-17)14-15-21-22(5,6)19(2,3)4/h7-10,12-13,18H,1,11,14-16H2,2-6H3/t18-/m1/s1. The summed E-state index contributed by atoms with van der Waals surface area (Å²) in [5, 5.41) is 0.256. The first-order chi connectivity index (χ1) is 10.3. The Labute approximate surface area is 137 Å². The molecule has 1 aromatic rings. The summed E-state index contributed by atoms with van der Waals surface area (Å²) in [6.45, 7) is 16.7. The monoisotopic (exact) mass is 320 g/mol. The Morgan fingerprint density at radius 1 is 1.18 bits per heavy atom. The van der Waals surface area contributed by atoms with Crippen molar-refractivity contribution in [1.29, 1.82) is 0 Å². The van der Waals surface area contributed by atoms with Crippen molar-refractivity contribution < 1.29 is 9.16 Å². The largest absolute Gasteiger partial charge is 0.417 e. The second-order valence-electron chi connectivity index (χ2n) is 7.34. The summed E-state index contributed by atoms with van der Waals surface area (Å²) in [7, 11) is -1.66. The molecule has 0 saturated heterocycles. The molecule has 1 atom stereocenters. The van der Waals surface area contributed by atoms with E-state index in [-0.39, 0.29) is 11.1 Å². The summed E-state index contributed by atoms with van der Waals surface area (Å²) in [6, 6.07) is 10.3. The van der Waals surface area contributed by atoms with Crippen molar-refractivity contribution in [3.63, 3.8) is 0 Å². The molecule has 0 aromatic heterocycles. The summed E-state index contributed by atoms with van der Waals surface area (Å²) in [6.07, 6.45) is 3.91. The number of benzene rings is 1. The molecule has 0 heterocycles. The van der Waals surface area contributed by atoms with Crippen LogP contribution >= 0.6 is 0 Å². The number of rotatable bonds is 9. The molecule has 0 aliphatic rings. The smallest absolute Gasteiger partial charge is 0.191 e. The lowest BCUT2D eigenvalue weighted by atomic mass is 10.2. The zero-order chi connectivity index (χ0) is 16.6. The zero-order valence-corrected chi connectivity index (χ0v) is 15.9. The van der Waals surface area contributed by atoms with Crippen LogP contribution in [0.4, 0.5) is 0 Å². The van der Waals surface area contributed by atoms with Crippen molar-refractivity contribution in [3.8, 4) is 0 Å². The maximum atomic E-state index is 6.25. The molecule has 1 rings (SSSR count). The number of ether oxygens (including phenoxy) is 1. The van der Waals surface area contributed by atoms with E-state index < -0.39 is 8.32 Å². The van der Waals surface area contributed by atoms with Gasteiger partial charge in [-0.3, -0.25) is 0 Å². The SMILES string of the molecule is C=CC[C@H](CCO[Si](C)(C)C(C)(C)C)OCc1ccccc1. The Hall–Kier alpha value is -0.903. The van der Waals surface area contributed by atoms with Crippen LogP contribution in [0.2, 0.25) is 18.1 Å². The first-order valence-electron chi connectivity index (χ1n) is 8.16. The topological polar surface area (TPSA) is 18.5 Å². The van der Waals surface area contributed by atoms with Gasteiger partial charge < -0.3 is 9.16 Å². The molecule has 0 spiro atoms. The van der Waals surface area contributed by atoms with Gasteiger partial charge >= 0.3 is 0 Å². The molecule has 1 aromatic carbocycles. The van der Waals surface area contributed by atoms with Gasteiger partial charge in [-0.05, 0) is 36.5 Å². The van der Waals surface area contributed by atoms with Gasteiger partial charge in [0, 0.05) is 6.61 Å². The highest BCUT2D eigenvalue weighted by atomic mass is 28.4. The van der Waals surface area contributed by atoms with Crippen LogP contribution in [-0.4, -0.2) is 21.0 Å².